The summed E-state index contributed by atoms with van der Waals surface area (Å²) in [5, 5.41) is 30.3. The average Bonchev–Trinajstić information content (AvgIpc) is 2.27. The van der Waals surface area contributed by atoms with Crippen LogP contribution in [0.4, 0.5) is 0 Å². The highest BCUT2D eigenvalue weighted by molar-refractivity contribution is 5.83. The van der Waals surface area contributed by atoms with Crippen LogP contribution >= 0.6 is 0 Å². The number of hydrogen-bond acceptors (Lipinski definition) is 6. The van der Waals surface area contributed by atoms with E-state index in [2.05, 4.69) is 5.32 Å². The summed E-state index contributed by atoms with van der Waals surface area (Å²) < 4.78 is 5.01. The molecule has 17 heavy (non-hydrogen) atoms. The molecule has 1 fully saturated rings. The van der Waals surface area contributed by atoms with E-state index in [9.17, 15) is 24.9 Å². The average molecular weight is 248 g/mol. The smallest absolute Gasteiger partial charge is 0.236 e. The lowest BCUT2D eigenvalue weighted by Gasteiger charge is -2.34. The molecule has 1 rings (SSSR count). The van der Waals surface area contributed by atoms with Crippen molar-refractivity contribution in [3.05, 3.63) is 0 Å². The molecule has 1 aliphatic rings. The summed E-state index contributed by atoms with van der Waals surface area (Å²) in [6.45, 7) is -0.460. The van der Waals surface area contributed by atoms with E-state index >= 15 is 0 Å². The van der Waals surface area contributed by atoms with Gasteiger partial charge < -0.3 is 31.1 Å². The Bertz CT molecular complexity index is 297. The maximum absolute atomic E-state index is 11.3. The minimum absolute atomic E-state index is 0.161. The summed E-state index contributed by atoms with van der Waals surface area (Å²) in [6, 6.07) is 0. The van der Waals surface area contributed by atoms with Gasteiger partial charge >= 0.3 is 0 Å². The van der Waals surface area contributed by atoms with Gasteiger partial charge in [-0.05, 0) is 0 Å². The molecule has 0 spiro atoms. The largest absolute Gasteiger partial charge is 0.388 e. The molecule has 0 radical (unpaired) electrons. The number of ether oxygens (including phenoxy) is 1. The summed E-state index contributed by atoms with van der Waals surface area (Å²) in [6.07, 6.45) is -5.01. The number of carbonyl (C=O) groups is 2. The van der Waals surface area contributed by atoms with Crippen LogP contribution in [-0.2, 0) is 14.3 Å². The van der Waals surface area contributed by atoms with Gasteiger partial charge in [0.15, 0.2) is 0 Å². The van der Waals surface area contributed by atoms with Crippen molar-refractivity contribution in [1.82, 2.24) is 5.32 Å². The first-order valence-electron chi connectivity index (χ1n) is 5.12. The number of primary amides is 1. The van der Waals surface area contributed by atoms with Crippen LogP contribution in [0.1, 0.15) is 6.42 Å². The van der Waals surface area contributed by atoms with Crippen molar-refractivity contribution >= 4 is 11.8 Å². The lowest BCUT2D eigenvalue weighted by molar-refractivity contribution is -0.189. The van der Waals surface area contributed by atoms with Crippen LogP contribution in [0.15, 0.2) is 0 Å². The molecular weight excluding hydrogens is 232 g/mol. The quantitative estimate of drug-likeness (QED) is 0.349. The number of aliphatic hydroxyl groups is 3. The molecule has 0 aliphatic carbocycles. The van der Waals surface area contributed by atoms with Crippen molar-refractivity contribution in [3.8, 4) is 0 Å². The maximum Gasteiger partial charge on any atom is 0.236 e. The molecule has 8 heteroatoms. The lowest BCUT2D eigenvalue weighted by atomic mass is 9.98. The van der Waals surface area contributed by atoms with Crippen LogP contribution in [0.2, 0.25) is 0 Å². The third-order valence-corrected chi connectivity index (χ3v) is 2.45. The number of nitrogens with one attached hydrogen (secondary N) is 1. The molecule has 0 saturated carbocycles. The first-order valence-corrected chi connectivity index (χ1v) is 5.12. The number of hydrogen-bond donors (Lipinski definition) is 5. The highest BCUT2D eigenvalue weighted by atomic mass is 16.5. The van der Waals surface area contributed by atoms with Crippen molar-refractivity contribution in [2.45, 2.75) is 30.8 Å². The van der Waals surface area contributed by atoms with E-state index in [1.165, 1.54) is 0 Å². The lowest BCUT2D eigenvalue weighted by Crippen LogP contribution is -2.54. The molecular formula is C9H16N2O6. The molecule has 6 N–H and O–H groups in total. The van der Waals surface area contributed by atoms with Crippen LogP contribution in [-0.4, -0.2) is 64.7 Å². The second-order valence-corrected chi connectivity index (χ2v) is 3.87. The Labute approximate surface area is 97.4 Å². The minimum atomic E-state index is -1.35. The SMILES string of the molecule is NC(=O)CNC(=O)C[C@@H]1OC[C@@H](O)[C@H](O)C1O. The first-order chi connectivity index (χ1) is 7.91. The zero-order valence-corrected chi connectivity index (χ0v) is 9.07. The molecule has 98 valence electrons. The van der Waals surface area contributed by atoms with Gasteiger partial charge in [0.2, 0.25) is 11.8 Å². The van der Waals surface area contributed by atoms with E-state index in [1.807, 2.05) is 0 Å². The Morgan fingerprint density at radius 1 is 1.29 bits per heavy atom. The fourth-order valence-corrected chi connectivity index (χ4v) is 1.49. The van der Waals surface area contributed by atoms with Crippen LogP contribution in [0.25, 0.3) is 0 Å². The van der Waals surface area contributed by atoms with Gasteiger partial charge in [0.1, 0.15) is 18.3 Å². The van der Waals surface area contributed by atoms with Crippen molar-refractivity contribution in [2.75, 3.05) is 13.2 Å². The van der Waals surface area contributed by atoms with Gasteiger partial charge in [-0.25, -0.2) is 0 Å². The van der Waals surface area contributed by atoms with E-state index in [0.29, 0.717) is 0 Å². The van der Waals surface area contributed by atoms with E-state index in [-0.39, 0.29) is 19.6 Å². The van der Waals surface area contributed by atoms with Gasteiger partial charge in [-0.15, -0.1) is 0 Å². The number of rotatable bonds is 4. The van der Waals surface area contributed by atoms with Crippen LogP contribution in [0, 0.1) is 0 Å². The molecule has 4 atom stereocenters. The van der Waals surface area contributed by atoms with E-state index in [0.717, 1.165) is 0 Å². The van der Waals surface area contributed by atoms with Crippen LogP contribution < -0.4 is 11.1 Å². The normalized spacial score (nSPS) is 33.1. The maximum atomic E-state index is 11.3. The van der Waals surface area contributed by atoms with Gasteiger partial charge in [0, 0.05) is 0 Å². The molecule has 0 aromatic rings. The van der Waals surface area contributed by atoms with E-state index < -0.39 is 36.2 Å². The second-order valence-electron chi connectivity index (χ2n) is 3.87. The second kappa shape index (κ2) is 5.92. The molecule has 1 unspecified atom stereocenters. The topological polar surface area (TPSA) is 142 Å². The van der Waals surface area contributed by atoms with Gasteiger partial charge in [0.05, 0.1) is 25.7 Å². The zero-order valence-electron chi connectivity index (χ0n) is 9.07. The van der Waals surface area contributed by atoms with Crippen molar-refractivity contribution in [2.24, 2.45) is 5.73 Å². The molecule has 0 aromatic carbocycles. The fraction of sp³-hybridized carbons (Fsp3) is 0.778. The van der Waals surface area contributed by atoms with E-state index in [1.54, 1.807) is 0 Å². The number of amides is 2. The van der Waals surface area contributed by atoms with Crippen molar-refractivity contribution in [1.29, 1.82) is 0 Å². The van der Waals surface area contributed by atoms with Crippen molar-refractivity contribution in [3.63, 3.8) is 0 Å². The number of nitrogens with two attached hydrogens (primary N) is 1. The Morgan fingerprint density at radius 3 is 2.53 bits per heavy atom. The monoisotopic (exact) mass is 248 g/mol. The number of carbonyl (C=O) groups excluding carboxylic acids is 2. The zero-order chi connectivity index (χ0) is 13.0. The molecule has 0 bridgehead atoms. The molecule has 8 nitrogen and oxygen atoms in total. The molecule has 1 heterocycles. The summed E-state index contributed by atoms with van der Waals surface area (Å²) in [4.78, 5) is 21.7. The highest BCUT2D eigenvalue weighted by Gasteiger charge is 2.38. The van der Waals surface area contributed by atoms with Gasteiger partial charge in [-0.2, -0.15) is 0 Å². The molecule has 1 saturated heterocycles. The van der Waals surface area contributed by atoms with Gasteiger partial charge in [-0.1, -0.05) is 0 Å². The molecule has 2 amide bonds. The van der Waals surface area contributed by atoms with Crippen LogP contribution in [0.5, 0.6) is 0 Å². The Hall–Kier alpha value is -1.22. The highest BCUT2D eigenvalue weighted by Crippen LogP contribution is 2.17. The Balaban J connectivity index is 2.40. The Kier molecular flexibility index (Phi) is 4.82. The molecule has 1 aliphatic heterocycles. The minimum Gasteiger partial charge on any atom is -0.388 e. The van der Waals surface area contributed by atoms with Gasteiger partial charge in [0.25, 0.3) is 0 Å². The number of aliphatic hydroxyl groups excluding tert-OH is 3. The summed E-state index contributed by atoms with van der Waals surface area (Å²) in [7, 11) is 0. The summed E-state index contributed by atoms with van der Waals surface area (Å²) >= 11 is 0. The predicted molar refractivity (Wildman–Crippen MR) is 54.6 cm³/mol. The summed E-state index contributed by atoms with van der Waals surface area (Å²) in [5.74, 6) is -1.21. The van der Waals surface area contributed by atoms with E-state index in [4.69, 9.17) is 10.5 Å². The third-order valence-electron chi connectivity index (χ3n) is 2.45. The third kappa shape index (κ3) is 3.93. The van der Waals surface area contributed by atoms with Gasteiger partial charge in [-0.3, -0.25) is 9.59 Å². The summed E-state index contributed by atoms with van der Waals surface area (Å²) in [5.41, 5.74) is 4.83. The Morgan fingerprint density at radius 2 is 1.94 bits per heavy atom. The van der Waals surface area contributed by atoms with Crippen molar-refractivity contribution < 1.29 is 29.6 Å². The fourth-order valence-electron chi connectivity index (χ4n) is 1.49. The molecule has 0 aromatic heterocycles. The first kappa shape index (κ1) is 13.8. The standard InChI is InChI=1S/C9H16N2O6/c10-6(13)2-11-7(14)1-5-9(16)8(15)4(12)3-17-5/h4-5,8-9,12,15-16H,1-3H2,(H2,10,13)(H,11,14)/t4-,5+,8+,9?/m1/s1. The predicted octanol–water partition coefficient (Wildman–Crippen LogP) is -3.54. The van der Waals surface area contributed by atoms with Crippen LogP contribution in [0.3, 0.4) is 0 Å².